The fourth-order valence-corrected chi connectivity index (χ4v) is 10.5. The van der Waals surface area contributed by atoms with Gasteiger partial charge in [0.25, 0.3) is 0 Å². The first-order chi connectivity index (χ1) is 31.0. The van der Waals surface area contributed by atoms with E-state index in [-0.39, 0.29) is 5.41 Å². The molecule has 2 nitrogen and oxygen atoms in total. The molecule has 298 valence electrons. The lowest BCUT2D eigenvalue weighted by molar-refractivity contribution is 0.634. The molecule has 0 atom stereocenters. The summed E-state index contributed by atoms with van der Waals surface area (Å²) in [4.78, 5) is 5.05. The van der Waals surface area contributed by atoms with Gasteiger partial charge in [0.05, 0.1) is 22.7 Å². The van der Waals surface area contributed by atoms with Crippen LogP contribution in [-0.2, 0) is 5.41 Å². The normalized spacial score (nSPS) is 13.0. The third kappa shape index (κ3) is 5.86. The van der Waals surface area contributed by atoms with Gasteiger partial charge in [0.15, 0.2) is 0 Å². The molecule has 11 aromatic carbocycles. The summed E-state index contributed by atoms with van der Waals surface area (Å²) in [6.45, 7) is 4.78. The second kappa shape index (κ2) is 14.6. The molecule has 0 unspecified atom stereocenters. The number of rotatable bonds is 6. The van der Waals surface area contributed by atoms with E-state index in [4.69, 9.17) is 0 Å². The first kappa shape index (κ1) is 36.9. The van der Waals surface area contributed by atoms with Gasteiger partial charge in [-0.3, -0.25) is 0 Å². The lowest BCUT2D eigenvalue weighted by Crippen LogP contribution is -2.32. The summed E-state index contributed by atoms with van der Waals surface area (Å²) in [5.74, 6) is 0. The highest BCUT2D eigenvalue weighted by molar-refractivity contribution is 6.26. The maximum atomic E-state index is 2.56. The second-order valence-electron chi connectivity index (χ2n) is 17.3. The van der Waals surface area contributed by atoms with E-state index in [1.165, 1.54) is 87.8 Å². The highest BCUT2D eigenvalue weighted by Crippen LogP contribution is 2.58. The van der Waals surface area contributed by atoms with Crippen molar-refractivity contribution in [3.63, 3.8) is 0 Å². The Morgan fingerprint density at radius 1 is 0.365 bits per heavy atom. The number of anilines is 6. The Balaban J connectivity index is 1.18. The molecule has 1 aliphatic rings. The molecule has 0 fully saturated rings. The molecule has 0 saturated carbocycles. The van der Waals surface area contributed by atoms with Crippen molar-refractivity contribution in [2.45, 2.75) is 19.3 Å². The van der Waals surface area contributed by atoms with Crippen LogP contribution in [0.4, 0.5) is 34.1 Å². The van der Waals surface area contributed by atoms with Gasteiger partial charge in [0, 0.05) is 22.2 Å². The summed E-state index contributed by atoms with van der Waals surface area (Å²) in [6, 6.07) is 84.9. The zero-order valence-electron chi connectivity index (χ0n) is 35.3. The minimum absolute atomic E-state index is 0.283. The lowest BCUT2D eigenvalue weighted by Gasteiger charge is -2.44. The largest absolute Gasteiger partial charge is 0.308 e. The quantitative estimate of drug-likeness (QED) is 0.155. The Morgan fingerprint density at radius 3 is 1.59 bits per heavy atom. The molecule has 0 aliphatic carbocycles. The first-order valence-electron chi connectivity index (χ1n) is 21.9. The smallest absolute Gasteiger partial charge is 0.0781 e. The topological polar surface area (TPSA) is 6.48 Å². The van der Waals surface area contributed by atoms with Crippen LogP contribution in [0.3, 0.4) is 0 Å². The number of fused-ring (bicyclic) bond motifs is 9. The predicted octanol–water partition coefficient (Wildman–Crippen LogP) is 17.2. The first-order valence-corrected chi connectivity index (χ1v) is 21.9. The maximum Gasteiger partial charge on any atom is 0.0781 e. The Labute approximate surface area is 368 Å². The van der Waals surface area contributed by atoms with Gasteiger partial charge in [-0.25, -0.2) is 0 Å². The molecule has 11 aromatic rings. The van der Waals surface area contributed by atoms with E-state index in [0.717, 1.165) is 22.7 Å². The van der Waals surface area contributed by atoms with Crippen LogP contribution in [0.2, 0.25) is 0 Å². The monoisotopic (exact) mass is 804 g/mol. The van der Waals surface area contributed by atoms with E-state index >= 15 is 0 Å². The van der Waals surface area contributed by atoms with Crippen molar-refractivity contribution < 1.29 is 0 Å². The molecule has 0 aromatic heterocycles. The fraction of sp³-hybridized carbons (Fsp3) is 0.0492. The van der Waals surface area contributed by atoms with Gasteiger partial charge in [-0.2, -0.15) is 0 Å². The van der Waals surface area contributed by atoms with Crippen molar-refractivity contribution in [2.75, 3.05) is 9.80 Å². The average molecular weight is 805 g/mol. The predicted molar refractivity (Wildman–Crippen MR) is 269 cm³/mol. The molecule has 63 heavy (non-hydrogen) atoms. The van der Waals surface area contributed by atoms with Crippen molar-refractivity contribution >= 4 is 77.2 Å². The van der Waals surface area contributed by atoms with Gasteiger partial charge >= 0.3 is 0 Å². The molecule has 1 aliphatic heterocycles. The van der Waals surface area contributed by atoms with E-state index in [2.05, 4.69) is 254 Å². The Kier molecular flexibility index (Phi) is 8.55. The molecule has 0 spiro atoms. The molecular weight excluding hydrogens is 761 g/mol. The molecule has 0 N–H and O–H groups in total. The maximum absolute atomic E-state index is 2.56. The summed E-state index contributed by atoms with van der Waals surface area (Å²) in [6.07, 6.45) is 0. The molecule has 0 saturated heterocycles. The average Bonchev–Trinajstić information content (AvgIpc) is 3.35. The Morgan fingerprint density at radius 2 is 0.889 bits per heavy atom. The van der Waals surface area contributed by atoms with E-state index in [1.807, 2.05) is 0 Å². The third-order valence-corrected chi connectivity index (χ3v) is 13.4. The number of benzene rings is 11. The van der Waals surface area contributed by atoms with Crippen molar-refractivity contribution in [3.05, 3.63) is 242 Å². The molecule has 2 heteroatoms. The van der Waals surface area contributed by atoms with Gasteiger partial charge in [-0.15, -0.1) is 0 Å². The lowest BCUT2D eigenvalue weighted by atomic mass is 9.70. The SMILES string of the molecule is CC1(C)c2ccccc2N(c2c(N(c3ccc(-c4ccccc4)cc3)c3ccc4c5ccccc5c5ccccc5c4c3)ccc3ccccc23)c2cccc(-c3ccccc3)c21. The van der Waals surface area contributed by atoms with Crippen LogP contribution in [0.5, 0.6) is 0 Å². The van der Waals surface area contributed by atoms with Crippen molar-refractivity contribution in [1.82, 2.24) is 0 Å². The van der Waals surface area contributed by atoms with Crippen molar-refractivity contribution in [1.29, 1.82) is 0 Å². The zero-order chi connectivity index (χ0) is 42.1. The van der Waals surface area contributed by atoms with Crippen LogP contribution in [0, 0.1) is 0 Å². The third-order valence-electron chi connectivity index (χ3n) is 13.4. The zero-order valence-corrected chi connectivity index (χ0v) is 35.3. The van der Waals surface area contributed by atoms with E-state index in [0.29, 0.717) is 0 Å². The number of hydrogen-bond donors (Lipinski definition) is 0. The van der Waals surface area contributed by atoms with E-state index < -0.39 is 0 Å². The molecule has 1 heterocycles. The number of para-hydroxylation sites is 1. The van der Waals surface area contributed by atoms with Gasteiger partial charge in [-0.1, -0.05) is 202 Å². The van der Waals surface area contributed by atoms with Crippen molar-refractivity contribution in [3.8, 4) is 22.3 Å². The van der Waals surface area contributed by atoms with Gasteiger partial charge in [0.1, 0.15) is 0 Å². The highest BCUT2D eigenvalue weighted by atomic mass is 15.2. The van der Waals surface area contributed by atoms with Crippen LogP contribution >= 0.6 is 0 Å². The van der Waals surface area contributed by atoms with Crippen LogP contribution in [0.1, 0.15) is 25.0 Å². The fourth-order valence-electron chi connectivity index (χ4n) is 10.5. The molecular formula is C61H44N2. The minimum atomic E-state index is -0.283. The summed E-state index contributed by atoms with van der Waals surface area (Å²) in [5.41, 5.74) is 14.0. The van der Waals surface area contributed by atoms with Crippen LogP contribution in [0.15, 0.2) is 231 Å². The Hall–Kier alpha value is -7.94. The molecule has 12 rings (SSSR count). The highest BCUT2D eigenvalue weighted by Gasteiger charge is 2.40. The molecule has 0 bridgehead atoms. The summed E-state index contributed by atoms with van der Waals surface area (Å²) >= 11 is 0. The Bertz CT molecular complexity index is 3500. The van der Waals surface area contributed by atoms with Crippen LogP contribution < -0.4 is 9.80 Å². The number of nitrogens with zero attached hydrogens (tertiary/aromatic N) is 2. The van der Waals surface area contributed by atoms with Crippen molar-refractivity contribution in [2.24, 2.45) is 0 Å². The number of hydrogen-bond acceptors (Lipinski definition) is 2. The minimum Gasteiger partial charge on any atom is -0.308 e. The summed E-state index contributed by atoms with van der Waals surface area (Å²) < 4.78 is 0. The van der Waals surface area contributed by atoms with Crippen LogP contribution in [0.25, 0.3) is 65.3 Å². The van der Waals surface area contributed by atoms with Gasteiger partial charge < -0.3 is 9.80 Å². The summed E-state index contributed by atoms with van der Waals surface area (Å²) in [5, 5.41) is 9.92. The summed E-state index contributed by atoms with van der Waals surface area (Å²) in [7, 11) is 0. The van der Waals surface area contributed by atoms with E-state index in [1.54, 1.807) is 0 Å². The van der Waals surface area contributed by atoms with Gasteiger partial charge in [0.2, 0.25) is 0 Å². The standard InChI is InChI=1S/C61H44N2/c1-61(2)55-29-15-16-30-56(55)63(57-31-17-28-47(59(57)61)43-20-7-4-8-21-43)60-48-23-10-9-22-44(48)34-39-58(60)62(45-35-32-42(33-36-45)41-18-5-3-6-19-41)46-37-38-53-51-26-12-11-24-49(51)50-25-13-14-27-52(50)54(53)40-46/h3-40H,1-2H3. The molecule has 0 radical (unpaired) electrons. The van der Waals surface area contributed by atoms with E-state index in [9.17, 15) is 0 Å². The molecule has 0 amide bonds. The van der Waals surface area contributed by atoms with Crippen LogP contribution in [-0.4, -0.2) is 0 Å². The van der Waals surface area contributed by atoms with Gasteiger partial charge in [-0.05, 0) is 114 Å². The second-order valence-corrected chi connectivity index (χ2v) is 17.3.